The molecular formula is C23H17N5O5. The lowest BCUT2D eigenvalue weighted by atomic mass is 10.2. The van der Waals surface area contributed by atoms with Crippen molar-refractivity contribution < 1.29 is 14.5 Å². The van der Waals surface area contributed by atoms with Gasteiger partial charge in [-0.15, -0.1) is 0 Å². The minimum absolute atomic E-state index is 0.102. The number of primary amides is 1. The van der Waals surface area contributed by atoms with Crippen LogP contribution in [-0.2, 0) is 6.61 Å². The van der Waals surface area contributed by atoms with Gasteiger partial charge in [-0.1, -0.05) is 36.4 Å². The molecule has 4 aromatic rings. The van der Waals surface area contributed by atoms with E-state index in [-0.39, 0.29) is 29.4 Å². The number of rotatable bonds is 7. The van der Waals surface area contributed by atoms with Crippen molar-refractivity contribution in [2.75, 3.05) is 0 Å². The van der Waals surface area contributed by atoms with Gasteiger partial charge in [-0.05, 0) is 24.3 Å². The van der Waals surface area contributed by atoms with Crippen LogP contribution in [0, 0.1) is 10.1 Å². The molecule has 1 heterocycles. The third kappa shape index (κ3) is 4.59. The number of carbonyl (C=O) groups excluding carboxylic acids is 1. The van der Waals surface area contributed by atoms with Crippen LogP contribution in [0.15, 0.2) is 82.7 Å². The SMILES string of the molecule is NC(=O)c1ccccc1OCc1nc2ccccc2c(=O)n1N=Cc1cccc([N+](=O)[O-])c1. The Kier molecular flexibility index (Phi) is 5.90. The van der Waals surface area contributed by atoms with Crippen molar-refractivity contribution in [1.82, 2.24) is 9.66 Å². The van der Waals surface area contributed by atoms with Crippen molar-refractivity contribution in [3.05, 3.63) is 110 Å². The largest absolute Gasteiger partial charge is 0.485 e. The van der Waals surface area contributed by atoms with E-state index in [4.69, 9.17) is 10.5 Å². The van der Waals surface area contributed by atoms with Gasteiger partial charge >= 0.3 is 0 Å². The number of non-ortho nitro benzene ring substituents is 1. The summed E-state index contributed by atoms with van der Waals surface area (Å²) in [6, 6.07) is 19.0. The average molecular weight is 443 g/mol. The monoisotopic (exact) mass is 443 g/mol. The zero-order valence-electron chi connectivity index (χ0n) is 17.1. The van der Waals surface area contributed by atoms with Crippen molar-refractivity contribution >= 4 is 28.7 Å². The highest BCUT2D eigenvalue weighted by Crippen LogP contribution is 2.19. The van der Waals surface area contributed by atoms with Crippen LogP contribution >= 0.6 is 0 Å². The Morgan fingerprint density at radius 1 is 1.12 bits per heavy atom. The second-order valence-corrected chi connectivity index (χ2v) is 6.91. The molecule has 0 aliphatic heterocycles. The predicted octanol–water partition coefficient (Wildman–Crippen LogP) is 2.86. The van der Waals surface area contributed by atoms with Gasteiger partial charge in [-0.3, -0.25) is 19.7 Å². The number of carbonyl (C=O) groups is 1. The number of benzene rings is 3. The molecule has 3 aromatic carbocycles. The van der Waals surface area contributed by atoms with Crippen LogP contribution in [0.3, 0.4) is 0 Å². The summed E-state index contributed by atoms with van der Waals surface area (Å²) < 4.78 is 6.81. The lowest BCUT2D eigenvalue weighted by Gasteiger charge is -2.12. The molecule has 0 aliphatic carbocycles. The number of amides is 1. The fourth-order valence-electron chi connectivity index (χ4n) is 3.16. The standard InChI is InChI=1S/C23H17N5O5/c24-22(29)18-9-2-4-11-20(18)33-14-21-26-19-10-3-1-8-17(19)23(30)27(21)25-13-15-6-5-7-16(12-15)28(31)32/h1-13H,14H2,(H2,24,29). The minimum Gasteiger partial charge on any atom is -0.485 e. The van der Waals surface area contributed by atoms with Crippen LogP contribution in [0.1, 0.15) is 21.7 Å². The summed E-state index contributed by atoms with van der Waals surface area (Å²) in [5.41, 5.74) is 5.92. The number of nitro benzene ring substituents is 1. The van der Waals surface area contributed by atoms with Gasteiger partial charge in [-0.25, -0.2) is 4.98 Å². The summed E-state index contributed by atoms with van der Waals surface area (Å²) in [6.45, 7) is -0.184. The summed E-state index contributed by atoms with van der Waals surface area (Å²) in [5, 5.41) is 15.6. The minimum atomic E-state index is -0.654. The van der Waals surface area contributed by atoms with Crippen LogP contribution in [0.25, 0.3) is 10.9 Å². The Bertz CT molecular complexity index is 1460. The summed E-state index contributed by atoms with van der Waals surface area (Å²) in [4.78, 5) is 39.8. The number of aromatic nitrogens is 2. The Morgan fingerprint density at radius 3 is 2.67 bits per heavy atom. The van der Waals surface area contributed by atoms with Gasteiger partial charge in [0.15, 0.2) is 5.82 Å². The van der Waals surface area contributed by atoms with E-state index in [0.717, 1.165) is 4.68 Å². The number of nitrogens with zero attached hydrogens (tertiary/aromatic N) is 4. The molecule has 0 spiro atoms. The summed E-state index contributed by atoms with van der Waals surface area (Å²) in [5.74, 6) is -0.251. The third-order valence-corrected chi connectivity index (χ3v) is 4.73. The molecule has 0 saturated heterocycles. The van der Waals surface area contributed by atoms with E-state index in [9.17, 15) is 19.7 Å². The van der Waals surface area contributed by atoms with Crippen LogP contribution in [0.5, 0.6) is 5.75 Å². The molecule has 0 saturated carbocycles. The smallest absolute Gasteiger partial charge is 0.282 e. The number of nitrogens with two attached hydrogens (primary N) is 1. The molecule has 0 aliphatic rings. The van der Waals surface area contributed by atoms with Gasteiger partial charge in [0, 0.05) is 17.7 Å². The average Bonchev–Trinajstić information content (AvgIpc) is 2.82. The van der Waals surface area contributed by atoms with E-state index < -0.39 is 16.4 Å². The molecule has 0 radical (unpaired) electrons. The molecule has 0 unspecified atom stereocenters. The van der Waals surface area contributed by atoms with E-state index in [1.54, 1.807) is 48.5 Å². The quantitative estimate of drug-likeness (QED) is 0.264. The highest BCUT2D eigenvalue weighted by Gasteiger charge is 2.14. The van der Waals surface area contributed by atoms with E-state index >= 15 is 0 Å². The molecule has 10 heteroatoms. The number of para-hydroxylation sites is 2. The molecular weight excluding hydrogens is 426 g/mol. The van der Waals surface area contributed by atoms with Gasteiger partial charge in [-0.2, -0.15) is 9.78 Å². The lowest BCUT2D eigenvalue weighted by molar-refractivity contribution is -0.384. The van der Waals surface area contributed by atoms with Crippen LogP contribution in [-0.4, -0.2) is 26.7 Å². The fourth-order valence-corrected chi connectivity index (χ4v) is 3.16. The molecule has 4 rings (SSSR count). The Hall–Kier alpha value is -4.86. The maximum absolute atomic E-state index is 13.1. The van der Waals surface area contributed by atoms with E-state index in [1.165, 1.54) is 30.5 Å². The zero-order valence-corrected chi connectivity index (χ0v) is 17.1. The first-order chi connectivity index (χ1) is 15.9. The second-order valence-electron chi connectivity index (χ2n) is 6.91. The highest BCUT2D eigenvalue weighted by molar-refractivity contribution is 5.95. The summed E-state index contributed by atoms with van der Waals surface area (Å²) in [6.07, 6.45) is 1.33. The molecule has 10 nitrogen and oxygen atoms in total. The van der Waals surface area contributed by atoms with E-state index in [2.05, 4.69) is 10.1 Å². The maximum atomic E-state index is 13.1. The predicted molar refractivity (Wildman–Crippen MR) is 121 cm³/mol. The highest BCUT2D eigenvalue weighted by atomic mass is 16.6. The molecule has 33 heavy (non-hydrogen) atoms. The zero-order chi connectivity index (χ0) is 23.4. The van der Waals surface area contributed by atoms with Crippen molar-refractivity contribution in [2.24, 2.45) is 10.8 Å². The number of nitro groups is 1. The van der Waals surface area contributed by atoms with E-state index in [1.807, 2.05) is 0 Å². The fraction of sp³-hybridized carbons (Fsp3) is 0.0435. The summed E-state index contributed by atoms with van der Waals surface area (Å²) >= 11 is 0. The second kappa shape index (κ2) is 9.10. The molecule has 1 aromatic heterocycles. The number of hydrogen-bond acceptors (Lipinski definition) is 7. The third-order valence-electron chi connectivity index (χ3n) is 4.73. The van der Waals surface area contributed by atoms with Gasteiger partial charge in [0.25, 0.3) is 17.2 Å². The lowest BCUT2D eigenvalue weighted by Crippen LogP contribution is -2.24. The molecule has 0 bridgehead atoms. The van der Waals surface area contributed by atoms with Crippen LogP contribution in [0.2, 0.25) is 0 Å². The Labute approximate surface area is 186 Å². The van der Waals surface area contributed by atoms with Crippen LogP contribution < -0.4 is 16.0 Å². The molecule has 164 valence electrons. The van der Waals surface area contributed by atoms with Crippen LogP contribution in [0.4, 0.5) is 5.69 Å². The van der Waals surface area contributed by atoms with Gasteiger partial charge in [0.1, 0.15) is 12.4 Å². The topological polar surface area (TPSA) is 143 Å². The first-order valence-electron chi connectivity index (χ1n) is 9.75. The van der Waals surface area contributed by atoms with Crippen molar-refractivity contribution in [1.29, 1.82) is 0 Å². The first-order valence-corrected chi connectivity index (χ1v) is 9.75. The Balaban J connectivity index is 1.75. The number of hydrogen-bond donors (Lipinski definition) is 1. The van der Waals surface area contributed by atoms with Gasteiger partial charge in [0.2, 0.25) is 0 Å². The van der Waals surface area contributed by atoms with E-state index in [0.29, 0.717) is 16.5 Å². The Morgan fingerprint density at radius 2 is 1.88 bits per heavy atom. The van der Waals surface area contributed by atoms with Crippen molar-refractivity contribution in [2.45, 2.75) is 6.61 Å². The summed E-state index contributed by atoms with van der Waals surface area (Å²) in [7, 11) is 0. The maximum Gasteiger partial charge on any atom is 0.282 e. The molecule has 0 fully saturated rings. The number of fused-ring (bicyclic) bond motifs is 1. The van der Waals surface area contributed by atoms with Crippen molar-refractivity contribution in [3.63, 3.8) is 0 Å². The van der Waals surface area contributed by atoms with Crippen molar-refractivity contribution in [3.8, 4) is 5.75 Å². The van der Waals surface area contributed by atoms with Gasteiger partial charge in [0.05, 0.1) is 27.6 Å². The first kappa shape index (κ1) is 21.4. The number of ether oxygens (including phenoxy) is 1. The molecule has 2 N–H and O–H groups in total. The van der Waals surface area contributed by atoms with Gasteiger partial charge < -0.3 is 10.5 Å². The molecule has 1 amide bonds. The molecule has 0 atom stereocenters. The normalized spacial score (nSPS) is 11.0.